The number of ether oxygens (including phenoxy) is 1. The van der Waals surface area contributed by atoms with Crippen molar-refractivity contribution in [1.29, 1.82) is 0 Å². The molecule has 0 aliphatic carbocycles. The second-order valence-electron chi connectivity index (χ2n) is 2.48. The van der Waals surface area contributed by atoms with Crippen molar-refractivity contribution in [3.05, 3.63) is 0 Å². The number of hydrogen-bond acceptors (Lipinski definition) is 7. The zero-order valence-electron chi connectivity index (χ0n) is 8.43. The normalized spacial score (nSPS) is 12.4. The summed E-state index contributed by atoms with van der Waals surface area (Å²) in [5, 5.41) is 22.0. The zero-order chi connectivity index (χ0) is 11.8. The summed E-state index contributed by atoms with van der Waals surface area (Å²) in [7, 11) is 0. The number of oxime groups is 2. The maximum atomic E-state index is 11.1. The van der Waals surface area contributed by atoms with Gasteiger partial charge in [-0.3, -0.25) is 0 Å². The molecule has 0 unspecified atom stereocenters. The number of esters is 2. The van der Waals surface area contributed by atoms with Gasteiger partial charge in [0.2, 0.25) is 0 Å². The van der Waals surface area contributed by atoms with Crippen LogP contribution in [-0.2, 0) is 14.3 Å². The SMILES string of the molecule is CCC(=NO)C(=O)OC(=O)C(CC)=NO. The molecule has 0 aromatic heterocycles. The van der Waals surface area contributed by atoms with E-state index in [0.717, 1.165) is 0 Å². The van der Waals surface area contributed by atoms with Crippen molar-refractivity contribution in [3.8, 4) is 0 Å². The quantitative estimate of drug-likeness (QED) is 0.234. The van der Waals surface area contributed by atoms with E-state index in [4.69, 9.17) is 10.4 Å². The third-order valence-corrected chi connectivity index (χ3v) is 1.57. The lowest BCUT2D eigenvalue weighted by Gasteiger charge is -2.02. The monoisotopic (exact) mass is 216 g/mol. The molecular formula is C8H12N2O5. The van der Waals surface area contributed by atoms with Crippen molar-refractivity contribution in [1.82, 2.24) is 0 Å². The van der Waals surface area contributed by atoms with Gasteiger partial charge in [0.15, 0.2) is 11.4 Å². The third kappa shape index (κ3) is 3.75. The highest BCUT2D eigenvalue weighted by Gasteiger charge is 2.20. The second kappa shape index (κ2) is 6.52. The first-order chi connectivity index (χ1) is 7.10. The molecule has 7 nitrogen and oxygen atoms in total. The lowest BCUT2D eigenvalue weighted by molar-refractivity contribution is -0.150. The average Bonchev–Trinajstić information content (AvgIpc) is 2.21. The Morgan fingerprint density at radius 1 is 1.00 bits per heavy atom. The Kier molecular flexibility index (Phi) is 5.69. The van der Waals surface area contributed by atoms with Crippen LogP contribution in [0.5, 0.6) is 0 Å². The first-order valence-electron chi connectivity index (χ1n) is 4.29. The molecule has 0 radical (unpaired) electrons. The Hall–Kier alpha value is -1.92. The fourth-order valence-electron chi connectivity index (χ4n) is 0.714. The molecule has 0 saturated carbocycles. The van der Waals surface area contributed by atoms with Crippen LogP contribution in [0.3, 0.4) is 0 Å². The first kappa shape index (κ1) is 13.1. The molecule has 0 bridgehead atoms. The van der Waals surface area contributed by atoms with Crippen LogP contribution >= 0.6 is 0 Å². The van der Waals surface area contributed by atoms with Crippen LogP contribution in [0.1, 0.15) is 26.7 Å². The molecule has 0 aliphatic rings. The van der Waals surface area contributed by atoms with Crippen LogP contribution in [0, 0.1) is 0 Å². The Bertz CT molecular complexity index is 278. The van der Waals surface area contributed by atoms with Gasteiger partial charge in [-0.15, -0.1) is 0 Å². The van der Waals surface area contributed by atoms with Crippen LogP contribution in [0.2, 0.25) is 0 Å². The van der Waals surface area contributed by atoms with Crippen LogP contribution in [0.25, 0.3) is 0 Å². The Morgan fingerprint density at radius 2 is 1.33 bits per heavy atom. The molecule has 0 aliphatic heterocycles. The first-order valence-corrected chi connectivity index (χ1v) is 4.29. The molecule has 0 atom stereocenters. The average molecular weight is 216 g/mol. The van der Waals surface area contributed by atoms with E-state index in [1.165, 1.54) is 0 Å². The number of rotatable bonds is 4. The maximum Gasteiger partial charge on any atom is 0.364 e. The van der Waals surface area contributed by atoms with Gasteiger partial charge in [-0.05, 0) is 12.8 Å². The number of nitrogens with zero attached hydrogens (tertiary/aromatic N) is 2. The zero-order valence-corrected chi connectivity index (χ0v) is 8.43. The fourth-order valence-corrected chi connectivity index (χ4v) is 0.714. The molecule has 0 spiro atoms. The van der Waals surface area contributed by atoms with Gasteiger partial charge >= 0.3 is 11.9 Å². The van der Waals surface area contributed by atoms with Crippen molar-refractivity contribution in [2.45, 2.75) is 26.7 Å². The highest BCUT2D eigenvalue weighted by molar-refractivity contribution is 6.44. The molecule has 0 rings (SSSR count). The van der Waals surface area contributed by atoms with Crippen LogP contribution < -0.4 is 0 Å². The fraction of sp³-hybridized carbons (Fsp3) is 0.500. The van der Waals surface area contributed by atoms with E-state index in [1.54, 1.807) is 13.8 Å². The summed E-state index contributed by atoms with van der Waals surface area (Å²) in [5.74, 6) is -2.11. The summed E-state index contributed by atoms with van der Waals surface area (Å²) in [4.78, 5) is 22.2. The standard InChI is InChI=1S/C8H12N2O5/c1-3-5(9-13)7(11)15-8(12)6(4-2)10-14/h13-14H,3-4H2,1-2H3. The van der Waals surface area contributed by atoms with E-state index in [-0.39, 0.29) is 24.3 Å². The molecule has 15 heavy (non-hydrogen) atoms. The summed E-state index contributed by atoms with van der Waals surface area (Å²) < 4.78 is 4.28. The van der Waals surface area contributed by atoms with Crippen LogP contribution in [0.4, 0.5) is 0 Å². The van der Waals surface area contributed by atoms with E-state index in [9.17, 15) is 9.59 Å². The van der Waals surface area contributed by atoms with Crippen molar-refractivity contribution < 1.29 is 24.7 Å². The van der Waals surface area contributed by atoms with Crippen molar-refractivity contribution in [2.75, 3.05) is 0 Å². The van der Waals surface area contributed by atoms with E-state index < -0.39 is 11.9 Å². The van der Waals surface area contributed by atoms with Gasteiger partial charge in [-0.1, -0.05) is 24.2 Å². The van der Waals surface area contributed by atoms with E-state index in [2.05, 4.69) is 15.0 Å². The van der Waals surface area contributed by atoms with Gasteiger partial charge < -0.3 is 15.2 Å². The molecule has 0 aromatic rings. The lowest BCUT2D eigenvalue weighted by atomic mass is 10.3. The smallest absolute Gasteiger partial charge is 0.364 e. The van der Waals surface area contributed by atoms with E-state index in [0.29, 0.717) is 0 Å². The summed E-state index contributed by atoms with van der Waals surface area (Å²) >= 11 is 0. The predicted octanol–water partition coefficient (Wildman–Crippen LogP) is 0.537. The van der Waals surface area contributed by atoms with Crippen LogP contribution in [0.15, 0.2) is 10.3 Å². The number of carbonyl (C=O) groups is 2. The Balaban J connectivity index is 4.50. The largest absolute Gasteiger partial charge is 0.410 e. The van der Waals surface area contributed by atoms with Crippen molar-refractivity contribution >= 4 is 23.4 Å². The highest BCUT2D eigenvalue weighted by atomic mass is 16.6. The maximum absolute atomic E-state index is 11.1. The minimum absolute atomic E-state index is 0.125. The summed E-state index contributed by atoms with van der Waals surface area (Å²) in [6.07, 6.45) is 0.251. The predicted molar refractivity (Wildman–Crippen MR) is 50.1 cm³/mol. The van der Waals surface area contributed by atoms with Crippen molar-refractivity contribution in [3.63, 3.8) is 0 Å². The molecule has 0 aromatic carbocycles. The van der Waals surface area contributed by atoms with Gasteiger partial charge in [-0.25, -0.2) is 9.59 Å². The Morgan fingerprint density at radius 3 is 1.53 bits per heavy atom. The minimum Gasteiger partial charge on any atom is -0.410 e. The summed E-state index contributed by atoms with van der Waals surface area (Å²) in [6.45, 7) is 3.11. The molecule has 0 amide bonds. The topological polar surface area (TPSA) is 109 Å². The lowest BCUT2D eigenvalue weighted by Crippen LogP contribution is -2.25. The molecule has 0 heterocycles. The molecule has 2 N–H and O–H groups in total. The van der Waals surface area contributed by atoms with Crippen molar-refractivity contribution in [2.24, 2.45) is 10.3 Å². The molecule has 0 saturated heterocycles. The van der Waals surface area contributed by atoms with E-state index in [1.807, 2.05) is 0 Å². The second-order valence-corrected chi connectivity index (χ2v) is 2.48. The third-order valence-electron chi connectivity index (χ3n) is 1.57. The molecule has 84 valence electrons. The number of carbonyl (C=O) groups excluding carboxylic acids is 2. The molecular weight excluding hydrogens is 204 g/mol. The van der Waals surface area contributed by atoms with E-state index >= 15 is 0 Å². The highest BCUT2D eigenvalue weighted by Crippen LogP contribution is 1.95. The van der Waals surface area contributed by atoms with Gasteiger partial charge in [-0.2, -0.15) is 0 Å². The van der Waals surface area contributed by atoms with Gasteiger partial charge in [0.1, 0.15) is 0 Å². The van der Waals surface area contributed by atoms with Gasteiger partial charge in [0.25, 0.3) is 0 Å². The summed E-state index contributed by atoms with van der Waals surface area (Å²) in [5.41, 5.74) is -0.562. The molecule has 0 fully saturated rings. The molecule has 7 heteroatoms. The summed E-state index contributed by atoms with van der Waals surface area (Å²) in [6, 6.07) is 0. The Labute approximate surface area is 86.0 Å². The van der Waals surface area contributed by atoms with Gasteiger partial charge in [0, 0.05) is 0 Å². The van der Waals surface area contributed by atoms with Crippen LogP contribution in [-0.4, -0.2) is 33.8 Å². The minimum atomic E-state index is -1.06. The number of hydrogen-bond donors (Lipinski definition) is 2. The van der Waals surface area contributed by atoms with Gasteiger partial charge in [0.05, 0.1) is 0 Å².